The van der Waals surface area contributed by atoms with E-state index in [1.165, 1.54) is 7.11 Å². The lowest BCUT2D eigenvalue weighted by atomic mass is 10.2. The number of halogens is 1. The molecule has 1 heterocycles. The maximum atomic E-state index is 11.0. The van der Waals surface area contributed by atoms with Crippen molar-refractivity contribution in [3.05, 3.63) is 35.5 Å². The first-order chi connectivity index (χ1) is 8.70. The number of anilines is 1. The number of methoxy groups -OCH3 is 1. The van der Waals surface area contributed by atoms with Crippen molar-refractivity contribution in [1.29, 1.82) is 0 Å². The number of fused-ring (bicyclic) bond motifs is 1. The van der Waals surface area contributed by atoms with Crippen LogP contribution in [-0.4, -0.2) is 24.6 Å². The van der Waals surface area contributed by atoms with Crippen LogP contribution < -0.4 is 5.32 Å². The quantitative estimate of drug-likeness (QED) is 0.863. The third-order valence-corrected chi connectivity index (χ3v) is 2.81. The van der Waals surface area contributed by atoms with Crippen molar-refractivity contribution < 1.29 is 9.53 Å². The Kier molecular flexibility index (Phi) is 3.99. The second-order valence-corrected chi connectivity index (χ2v) is 4.21. The first-order valence-electron chi connectivity index (χ1n) is 5.55. The molecule has 18 heavy (non-hydrogen) atoms. The van der Waals surface area contributed by atoms with E-state index in [1.807, 2.05) is 24.3 Å². The highest BCUT2D eigenvalue weighted by atomic mass is 35.5. The summed E-state index contributed by atoms with van der Waals surface area (Å²) in [4.78, 5) is 15.3. The van der Waals surface area contributed by atoms with E-state index < -0.39 is 0 Å². The molecule has 94 valence electrons. The third kappa shape index (κ3) is 2.90. The van der Waals surface area contributed by atoms with Crippen molar-refractivity contribution in [3.8, 4) is 0 Å². The fraction of sp³-hybridized carbons (Fsp3) is 0.231. The Balaban J connectivity index is 2.15. The first-order valence-corrected chi connectivity index (χ1v) is 5.93. The summed E-state index contributed by atoms with van der Waals surface area (Å²) in [6.07, 6.45) is 2.03. The van der Waals surface area contributed by atoms with Crippen LogP contribution in [0.4, 0.5) is 5.69 Å². The van der Waals surface area contributed by atoms with Gasteiger partial charge in [-0.2, -0.15) is 0 Å². The van der Waals surface area contributed by atoms with Gasteiger partial charge in [-0.25, -0.2) is 0 Å². The van der Waals surface area contributed by atoms with Gasteiger partial charge in [0.15, 0.2) is 0 Å². The average Bonchev–Trinajstić information content (AvgIpc) is 2.38. The molecular formula is C13H13ClN2O2. The van der Waals surface area contributed by atoms with E-state index in [9.17, 15) is 4.79 Å². The summed E-state index contributed by atoms with van der Waals surface area (Å²) in [6, 6.07) is 7.40. The van der Waals surface area contributed by atoms with Gasteiger partial charge >= 0.3 is 5.97 Å². The van der Waals surface area contributed by atoms with Crippen LogP contribution in [0.15, 0.2) is 30.5 Å². The van der Waals surface area contributed by atoms with Gasteiger partial charge in [-0.15, -0.1) is 0 Å². The molecule has 1 aromatic carbocycles. The second-order valence-electron chi connectivity index (χ2n) is 3.77. The summed E-state index contributed by atoms with van der Waals surface area (Å²) in [6.45, 7) is 0.522. The van der Waals surface area contributed by atoms with Gasteiger partial charge in [-0.1, -0.05) is 11.6 Å². The summed E-state index contributed by atoms with van der Waals surface area (Å²) in [5.74, 6) is -0.232. The van der Waals surface area contributed by atoms with E-state index in [1.54, 1.807) is 6.20 Å². The molecule has 0 aliphatic heterocycles. The number of ether oxygens (including phenoxy) is 1. The van der Waals surface area contributed by atoms with E-state index in [0.29, 0.717) is 18.0 Å². The van der Waals surface area contributed by atoms with Crippen LogP contribution in [0.3, 0.4) is 0 Å². The number of hydrogen-bond acceptors (Lipinski definition) is 4. The van der Waals surface area contributed by atoms with Gasteiger partial charge in [0.2, 0.25) is 0 Å². The van der Waals surface area contributed by atoms with Gasteiger partial charge in [0.25, 0.3) is 0 Å². The van der Waals surface area contributed by atoms with Crippen LogP contribution in [0.2, 0.25) is 5.02 Å². The molecule has 0 fully saturated rings. The second kappa shape index (κ2) is 5.69. The van der Waals surface area contributed by atoms with Crippen LogP contribution in [0, 0.1) is 0 Å². The fourth-order valence-electron chi connectivity index (χ4n) is 1.68. The monoisotopic (exact) mass is 264 g/mol. The van der Waals surface area contributed by atoms with Crippen molar-refractivity contribution in [3.63, 3.8) is 0 Å². The lowest BCUT2D eigenvalue weighted by Crippen LogP contribution is -2.09. The predicted molar refractivity (Wildman–Crippen MR) is 71.9 cm³/mol. The average molecular weight is 265 g/mol. The summed E-state index contributed by atoms with van der Waals surface area (Å²) < 4.78 is 4.58. The SMILES string of the molecule is COC(=O)CCNc1ccnc2cc(Cl)ccc12. The number of carbonyl (C=O) groups excluding carboxylic acids is 1. The van der Waals surface area contributed by atoms with Crippen molar-refractivity contribution in [2.24, 2.45) is 0 Å². The number of benzene rings is 1. The normalized spacial score (nSPS) is 10.3. The molecule has 0 saturated heterocycles. The maximum Gasteiger partial charge on any atom is 0.307 e. The molecule has 1 N–H and O–H groups in total. The molecule has 0 atom stereocenters. The van der Waals surface area contributed by atoms with Crippen LogP contribution in [0.1, 0.15) is 6.42 Å². The van der Waals surface area contributed by atoms with E-state index in [0.717, 1.165) is 16.6 Å². The smallest absolute Gasteiger partial charge is 0.307 e. The Morgan fingerprint density at radius 1 is 1.44 bits per heavy atom. The number of hydrogen-bond donors (Lipinski definition) is 1. The molecule has 4 nitrogen and oxygen atoms in total. The van der Waals surface area contributed by atoms with Crippen LogP contribution >= 0.6 is 11.6 Å². The highest BCUT2D eigenvalue weighted by Gasteiger charge is 2.04. The number of carbonyl (C=O) groups is 1. The predicted octanol–water partition coefficient (Wildman–Crippen LogP) is 2.86. The van der Waals surface area contributed by atoms with Gasteiger partial charge in [0.1, 0.15) is 0 Å². The summed E-state index contributed by atoms with van der Waals surface area (Å²) >= 11 is 5.91. The Hall–Kier alpha value is -1.81. The largest absolute Gasteiger partial charge is 0.469 e. The molecule has 2 rings (SSSR count). The van der Waals surface area contributed by atoms with Crippen molar-refractivity contribution >= 4 is 34.2 Å². The van der Waals surface area contributed by atoms with E-state index in [-0.39, 0.29) is 5.97 Å². The van der Waals surface area contributed by atoms with Crippen molar-refractivity contribution in [2.75, 3.05) is 19.0 Å². The highest BCUT2D eigenvalue weighted by Crippen LogP contribution is 2.24. The third-order valence-electron chi connectivity index (χ3n) is 2.58. The van der Waals surface area contributed by atoms with Crippen LogP contribution in [0.25, 0.3) is 10.9 Å². The number of aromatic nitrogens is 1. The molecular weight excluding hydrogens is 252 g/mol. The maximum absolute atomic E-state index is 11.0. The number of nitrogens with one attached hydrogen (secondary N) is 1. The standard InChI is InChI=1S/C13H13ClN2O2/c1-18-13(17)5-7-15-11-4-6-16-12-8-9(14)2-3-10(11)12/h2-4,6,8H,5,7H2,1H3,(H,15,16). The molecule has 5 heteroatoms. The first kappa shape index (κ1) is 12.6. The minimum atomic E-state index is -0.232. The number of esters is 1. The molecule has 0 aliphatic rings. The van der Waals surface area contributed by atoms with Crippen LogP contribution in [0.5, 0.6) is 0 Å². The van der Waals surface area contributed by atoms with Gasteiger partial charge in [-0.3, -0.25) is 9.78 Å². The molecule has 0 bridgehead atoms. The van der Waals surface area contributed by atoms with Crippen molar-refractivity contribution in [2.45, 2.75) is 6.42 Å². The molecule has 0 amide bonds. The molecule has 0 aliphatic carbocycles. The summed E-state index contributed by atoms with van der Waals surface area (Å²) in [5.41, 5.74) is 1.76. The Morgan fingerprint density at radius 2 is 2.28 bits per heavy atom. The van der Waals surface area contributed by atoms with Gasteiger partial charge in [0.05, 0.1) is 19.0 Å². The van der Waals surface area contributed by atoms with Crippen molar-refractivity contribution in [1.82, 2.24) is 4.98 Å². The molecule has 0 unspecified atom stereocenters. The summed E-state index contributed by atoms with van der Waals surface area (Å²) in [5, 5.41) is 4.82. The topological polar surface area (TPSA) is 51.2 Å². The number of nitrogens with zero attached hydrogens (tertiary/aromatic N) is 1. The zero-order valence-electron chi connectivity index (χ0n) is 9.94. The van der Waals surface area contributed by atoms with Gasteiger partial charge in [0, 0.05) is 28.8 Å². The fourth-order valence-corrected chi connectivity index (χ4v) is 1.84. The van der Waals surface area contributed by atoms with E-state index in [4.69, 9.17) is 11.6 Å². The lowest BCUT2D eigenvalue weighted by Gasteiger charge is -2.08. The minimum absolute atomic E-state index is 0.232. The highest BCUT2D eigenvalue weighted by molar-refractivity contribution is 6.31. The molecule has 0 saturated carbocycles. The zero-order valence-corrected chi connectivity index (χ0v) is 10.7. The van der Waals surface area contributed by atoms with E-state index >= 15 is 0 Å². The van der Waals surface area contributed by atoms with Crippen LogP contribution in [-0.2, 0) is 9.53 Å². The zero-order chi connectivity index (χ0) is 13.0. The minimum Gasteiger partial charge on any atom is -0.469 e. The molecule has 0 radical (unpaired) electrons. The van der Waals surface area contributed by atoms with Gasteiger partial charge < -0.3 is 10.1 Å². The van der Waals surface area contributed by atoms with E-state index in [2.05, 4.69) is 15.0 Å². The molecule has 2 aromatic rings. The molecule has 1 aromatic heterocycles. The number of pyridine rings is 1. The summed E-state index contributed by atoms with van der Waals surface area (Å²) in [7, 11) is 1.38. The Labute approximate surface area is 110 Å². The molecule has 0 spiro atoms. The number of rotatable bonds is 4. The Morgan fingerprint density at radius 3 is 3.06 bits per heavy atom. The van der Waals surface area contributed by atoms with Gasteiger partial charge in [-0.05, 0) is 24.3 Å². The Bertz CT molecular complexity index is 572. The lowest BCUT2D eigenvalue weighted by molar-refractivity contribution is -0.140.